The molecule has 17 heavy (non-hydrogen) atoms. The van der Waals surface area contributed by atoms with Crippen LogP contribution in [0.5, 0.6) is 0 Å². The Balaban J connectivity index is 2.21. The Morgan fingerprint density at radius 1 is 1.18 bits per heavy atom. The highest BCUT2D eigenvalue weighted by atomic mass is 32.2. The van der Waals surface area contributed by atoms with Crippen molar-refractivity contribution >= 4 is 11.8 Å². The monoisotopic (exact) mass is 251 g/mol. The first-order valence-corrected chi connectivity index (χ1v) is 7.50. The minimum Gasteiger partial charge on any atom is -0.315 e. The Labute approximate surface area is 110 Å². The van der Waals surface area contributed by atoms with Gasteiger partial charge in [0.05, 0.1) is 0 Å². The average Bonchev–Trinajstić information content (AvgIpc) is 2.26. The molecule has 0 saturated carbocycles. The first-order chi connectivity index (χ1) is 8.08. The SMILES string of the molecule is Cc1cccc(CSC(C)CNCC(C)C)c1. The number of nitrogens with one attached hydrogen (secondary N) is 1. The molecule has 0 fully saturated rings. The van der Waals surface area contributed by atoms with Crippen molar-refractivity contribution in [1.82, 2.24) is 5.32 Å². The third kappa shape index (κ3) is 6.75. The third-order valence-corrected chi connectivity index (χ3v) is 3.84. The van der Waals surface area contributed by atoms with Gasteiger partial charge in [0.1, 0.15) is 0 Å². The van der Waals surface area contributed by atoms with Crippen LogP contribution in [0.1, 0.15) is 31.9 Å². The van der Waals surface area contributed by atoms with Crippen LogP contribution in [0.25, 0.3) is 0 Å². The molecule has 0 aliphatic carbocycles. The van der Waals surface area contributed by atoms with Gasteiger partial charge in [0.25, 0.3) is 0 Å². The molecule has 1 nitrogen and oxygen atoms in total. The fourth-order valence-corrected chi connectivity index (χ4v) is 2.57. The second kappa shape index (κ2) is 7.78. The molecule has 1 unspecified atom stereocenters. The zero-order chi connectivity index (χ0) is 12.7. The van der Waals surface area contributed by atoms with Crippen molar-refractivity contribution in [2.75, 3.05) is 13.1 Å². The molecular weight excluding hydrogens is 226 g/mol. The van der Waals surface area contributed by atoms with Crippen molar-refractivity contribution in [3.8, 4) is 0 Å². The zero-order valence-electron chi connectivity index (χ0n) is 11.5. The molecule has 1 atom stereocenters. The van der Waals surface area contributed by atoms with Crippen LogP contribution >= 0.6 is 11.8 Å². The first kappa shape index (κ1) is 14.6. The molecule has 0 aliphatic heterocycles. The van der Waals surface area contributed by atoms with E-state index in [0.29, 0.717) is 5.25 Å². The van der Waals surface area contributed by atoms with Crippen LogP contribution < -0.4 is 5.32 Å². The highest BCUT2D eigenvalue weighted by Gasteiger charge is 2.03. The molecule has 1 aromatic rings. The zero-order valence-corrected chi connectivity index (χ0v) is 12.3. The topological polar surface area (TPSA) is 12.0 Å². The minimum atomic E-state index is 0.675. The number of hydrogen-bond donors (Lipinski definition) is 1. The lowest BCUT2D eigenvalue weighted by Crippen LogP contribution is -2.26. The third-order valence-electron chi connectivity index (χ3n) is 2.60. The molecule has 0 amide bonds. The summed E-state index contributed by atoms with van der Waals surface area (Å²) in [6.07, 6.45) is 0. The standard InChI is InChI=1S/C15H25NS/c1-12(2)9-16-10-14(4)17-11-15-7-5-6-13(3)8-15/h5-8,12,14,16H,9-11H2,1-4H3. The Kier molecular flexibility index (Phi) is 6.68. The largest absolute Gasteiger partial charge is 0.315 e. The fourth-order valence-electron chi connectivity index (χ4n) is 1.67. The molecule has 0 aromatic heterocycles. The maximum atomic E-state index is 3.51. The summed E-state index contributed by atoms with van der Waals surface area (Å²) in [6.45, 7) is 11.2. The van der Waals surface area contributed by atoms with E-state index in [1.165, 1.54) is 11.1 Å². The summed E-state index contributed by atoms with van der Waals surface area (Å²) in [5.74, 6) is 1.86. The molecule has 1 rings (SSSR count). The van der Waals surface area contributed by atoms with Gasteiger partial charge < -0.3 is 5.32 Å². The number of benzene rings is 1. The molecule has 0 spiro atoms. The summed E-state index contributed by atoms with van der Waals surface area (Å²) in [4.78, 5) is 0. The van der Waals surface area contributed by atoms with Crippen LogP contribution in [0.2, 0.25) is 0 Å². The van der Waals surface area contributed by atoms with E-state index in [2.05, 4.69) is 57.3 Å². The van der Waals surface area contributed by atoms with Gasteiger partial charge in [0, 0.05) is 17.5 Å². The Morgan fingerprint density at radius 2 is 1.94 bits per heavy atom. The Morgan fingerprint density at radius 3 is 2.59 bits per heavy atom. The summed E-state index contributed by atoms with van der Waals surface area (Å²) in [5.41, 5.74) is 2.79. The normalized spacial score (nSPS) is 13.0. The fraction of sp³-hybridized carbons (Fsp3) is 0.600. The maximum Gasteiger partial charge on any atom is 0.0187 e. The number of hydrogen-bond acceptors (Lipinski definition) is 2. The first-order valence-electron chi connectivity index (χ1n) is 6.45. The van der Waals surface area contributed by atoms with Gasteiger partial charge in [-0.25, -0.2) is 0 Å². The molecule has 2 heteroatoms. The van der Waals surface area contributed by atoms with Crippen LogP contribution in [-0.2, 0) is 5.75 Å². The second-order valence-electron chi connectivity index (χ2n) is 5.16. The van der Waals surface area contributed by atoms with E-state index in [4.69, 9.17) is 0 Å². The lowest BCUT2D eigenvalue weighted by molar-refractivity contribution is 0.554. The van der Waals surface area contributed by atoms with Crippen LogP contribution in [0.3, 0.4) is 0 Å². The second-order valence-corrected chi connectivity index (χ2v) is 6.59. The number of rotatable bonds is 7. The van der Waals surface area contributed by atoms with Gasteiger partial charge in [-0.05, 0) is 24.9 Å². The van der Waals surface area contributed by atoms with Gasteiger partial charge in [-0.1, -0.05) is 50.6 Å². The summed E-state index contributed by atoms with van der Waals surface area (Å²) in [6, 6.07) is 8.80. The lowest BCUT2D eigenvalue weighted by atomic mass is 10.2. The van der Waals surface area contributed by atoms with E-state index >= 15 is 0 Å². The van der Waals surface area contributed by atoms with Crippen LogP contribution in [0.15, 0.2) is 24.3 Å². The molecule has 0 bridgehead atoms. The Hall–Kier alpha value is -0.470. The summed E-state index contributed by atoms with van der Waals surface area (Å²) >= 11 is 2.03. The van der Waals surface area contributed by atoms with Crippen LogP contribution in [-0.4, -0.2) is 18.3 Å². The van der Waals surface area contributed by atoms with E-state index in [0.717, 1.165) is 24.8 Å². The van der Waals surface area contributed by atoms with Crippen molar-refractivity contribution < 1.29 is 0 Å². The Bertz CT molecular complexity index is 322. The van der Waals surface area contributed by atoms with Crippen molar-refractivity contribution in [1.29, 1.82) is 0 Å². The molecule has 0 saturated heterocycles. The van der Waals surface area contributed by atoms with Crippen LogP contribution in [0.4, 0.5) is 0 Å². The molecule has 0 radical (unpaired) electrons. The quantitative estimate of drug-likeness (QED) is 0.789. The molecule has 1 aromatic carbocycles. The van der Waals surface area contributed by atoms with Crippen molar-refractivity contribution in [2.45, 2.75) is 38.7 Å². The predicted octanol–water partition coefficient (Wildman–Crippen LogP) is 3.86. The molecule has 96 valence electrons. The highest BCUT2D eigenvalue weighted by molar-refractivity contribution is 7.99. The van der Waals surface area contributed by atoms with Gasteiger partial charge in [-0.15, -0.1) is 0 Å². The molecule has 0 heterocycles. The summed E-state index contributed by atoms with van der Waals surface area (Å²) < 4.78 is 0. The highest BCUT2D eigenvalue weighted by Crippen LogP contribution is 2.17. The van der Waals surface area contributed by atoms with E-state index in [-0.39, 0.29) is 0 Å². The smallest absolute Gasteiger partial charge is 0.0187 e. The minimum absolute atomic E-state index is 0.675. The molecule has 0 aliphatic rings. The van der Waals surface area contributed by atoms with Crippen LogP contribution in [0, 0.1) is 12.8 Å². The van der Waals surface area contributed by atoms with Gasteiger partial charge in [0.2, 0.25) is 0 Å². The van der Waals surface area contributed by atoms with Gasteiger partial charge in [-0.2, -0.15) is 11.8 Å². The average molecular weight is 251 g/mol. The summed E-state index contributed by atoms with van der Waals surface area (Å²) in [7, 11) is 0. The molecule has 1 N–H and O–H groups in total. The van der Waals surface area contributed by atoms with Crippen molar-refractivity contribution in [2.24, 2.45) is 5.92 Å². The van der Waals surface area contributed by atoms with E-state index in [9.17, 15) is 0 Å². The molecular formula is C15H25NS. The lowest BCUT2D eigenvalue weighted by Gasteiger charge is -2.13. The van der Waals surface area contributed by atoms with Gasteiger partial charge in [-0.3, -0.25) is 0 Å². The van der Waals surface area contributed by atoms with E-state index in [1.54, 1.807) is 0 Å². The number of aryl methyl sites for hydroxylation is 1. The predicted molar refractivity (Wildman–Crippen MR) is 79.6 cm³/mol. The van der Waals surface area contributed by atoms with E-state index in [1.807, 2.05) is 11.8 Å². The maximum absolute atomic E-state index is 3.51. The van der Waals surface area contributed by atoms with Crippen molar-refractivity contribution in [3.63, 3.8) is 0 Å². The van der Waals surface area contributed by atoms with Gasteiger partial charge >= 0.3 is 0 Å². The van der Waals surface area contributed by atoms with Gasteiger partial charge in [0.15, 0.2) is 0 Å². The van der Waals surface area contributed by atoms with E-state index < -0.39 is 0 Å². The van der Waals surface area contributed by atoms with Crippen molar-refractivity contribution in [3.05, 3.63) is 35.4 Å². The summed E-state index contributed by atoms with van der Waals surface area (Å²) in [5, 5.41) is 4.19. The number of thioether (sulfide) groups is 1.